The summed E-state index contributed by atoms with van der Waals surface area (Å²) < 4.78 is 20.8. The molecule has 0 fully saturated rings. The lowest BCUT2D eigenvalue weighted by Crippen LogP contribution is -2.30. The van der Waals surface area contributed by atoms with Crippen molar-refractivity contribution in [2.45, 2.75) is 6.54 Å². The average molecular weight is 356 g/mol. The van der Waals surface area contributed by atoms with E-state index in [1.165, 1.54) is 13.2 Å². The molecule has 2 aromatic rings. The number of methoxy groups -OCH3 is 3. The summed E-state index contributed by atoms with van der Waals surface area (Å²) in [6.07, 6.45) is 0. The lowest BCUT2D eigenvalue weighted by molar-refractivity contribution is 0.110. The van der Waals surface area contributed by atoms with Crippen LogP contribution in [0.5, 0.6) is 5.75 Å². The van der Waals surface area contributed by atoms with Crippen molar-refractivity contribution < 1.29 is 18.6 Å². The summed E-state index contributed by atoms with van der Waals surface area (Å²) in [5, 5.41) is 1.26. The number of halogens is 1. The van der Waals surface area contributed by atoms with E-state index in [-0.39, 0.29) is 0 Å². The van der Waals surface area contributed by atoms with Crippen molar-refractivity contribution in [3.63, 3.8) is 0 Å². The lowest BCUT2D eigenvalue weighted by Gasteiger charge is -2.22. The zero-order valence-corrected chi connectivity index (χ0v) is 14.9. The van der Waals surface area contributed by atoms with Gasteiger partial charge in [0.25, 0.3) is 0 Å². The predicted octanol–water partition coefficient (Wildman–Crippen LogP) is 2.55. The fourth-order valence-electron chi connectivity index (χ4n) is 2.47. The number of fused-ring (bicyclic) bond motifs is 1. The van der Waals surface area contributed by atoms with Crippen molar-refractivity contribution in [2.75, 3.05) is 47.6 Å². The predicted molar refractivity (Wildman–Crippen MR) is 93.1 cm³/mol. The highest BCUT2D eigenvalue weighted by molar-refractivity contribution is 6.32. The van der Waals surface area contributed by atoms with Gasteiger partial charge in [0.15, 0.2) is 0 Å². The fourth-order valence-corrected chi connectivity index (χ4v) is 2.71. The Kier molecular flexibility index (Phi) is 7.05. The van der Waals surface area contributed by atoms with E-state index < -0.39 is 5.63 Å². The molecular weight excluding hydrogens is 334 g/mol. The summed E-state index contributed by atoms with van der Waals surface area (Å²) in [5.74, 6) is 0.472. The minimum absolute atomic E-state index is 0.402. The average Bonchev–Trinajstić information content (AvgIpc) is 2.57. The number of hydrogen-bond donors (Lipinski definition) is 0. The highest BCUT2D eigenvalue weighted by Crippen LogP contribution is 2.31. The van der Waals surface area contributed by atoms with E-state index in [4.69, 9.17) is 30.2 Å². The quantitative estimate of drug-likeness (QED) is 0.644. The van der Waals surface area contributed by atoms with Crippen molar-refractivity contribution in [3.05, 3.63) is 39.2 Å². The first-order chi connectivity index (χ1) is 11.6. The van der Waals surface area contributed by atoms with Crippen molar-refractivity contribution in [2.24, 2.45) is 0 Å². The Balaban J connectivity index is 2.38. The molecule has 132 valence electrons. The first-order valence-corrected chi connectivity index (χ1v) is 7.97. The number of nitrogens with zero attached hydrogens (tertiary/aromatic N) is 1. The van der Waals surface area contributed by atoms with Gasteiger partial charge in [0.1, 0.15) is 11.3 Å². The van der Waals surface area contributed by atoms with Crippen LogP contribution in [0.15, 0.2) is 27.4 Å². The van der Waals surface area contributed by atoms with Gasteiger partial charge in [-0.05, 0) is 11.6 Å². The molecule has 0 atom stereocenters. The molecule has 2 rings (SSSR count). The van der Waals surface area contributed by atoms with Crippen LogP contribution in [-0.4, -0.2) is 52.5 Å². The maximum atomic E-state index is 11.9. The largest absolute Gasteiger partial charge is 0.495 e. The van der Waals surface area contributed by atoms with Crippen LogP contribution >= 0.6 is 11.6 Å². The summed E-state index contributed by atoms with van der Waals surface area (Å²) in [5.41, 5.74) is 0.899. The van der Waals surface area contributed by atoms with E-state index >= 15 is 0 Å². The Morgan fingerprint density at radius 3 is 2.33 bits per heavy atom. The highest BCUT2D eigenvalue weighted by atomic mass is 35.5. The second-order valence-corrected chi connectivity index (χ2v) is 5.74. The van der Waals surface area contributed by atoms with Crippen molar-refractivity contribution in [1.29, 1.82) is 0 Å². The Hall–Kier alpha value is -1.60. The molecule has 0 bridgehead atoms. The first-order valence-electron chi connectivity index (χ1n) is 7.59. The number of hydrogen-bond acceptors (Lipinski definition) is 6. The van der Waals surface area contributed by atoms with E-state index in [0.29, 0.717) is 36.1 Å². The molecule has 24 heavy (non-hydrogen) atoms. The van der Waals surface area contributed by atoms with Crippen molar-refractivity contribution >= 4 is 22.6 Å². The standard InChI is InChI=1S/C17H22ClNO5/c1-21-6-4-19(5-7-22-2)11-12-8-17(20)24-15-10-16(23-3)14(18)9-13(12)15/h8-10H,4-7,11H2,1-3H3. The third kappa shape index (κ3) is 4.70. The Labute approximate surface area is 145 Å². The normalized spacial score (nSPS) is 11.4. The number of ether oxygens (including phenoxy) is 3. The summed E-state index contributed by atoms with van der Waals surface area (Å²) in [4.78, 5) is 14.0. The molecule has 0 saturated heterocycles. The van der Waals surface area contributed by atoms with Crippen LogP contribution in [-0.2, 0) is 16.0 Å². The molecule has 7 heteroatoms. The van der Waals surface area contributed by atoms with E-state index in [2.05, 4.69) is 4.90 Å². The van der Waals surface area contributed by atoms with Gasteiger partial charge in [0.2, 0.25) is 0 Å². The van der Waals surface area contributed by atoms with E-state index in [0.717, 1.165) is 24.0 Å². The summed E-state index contributed by atoms with van der Waals surface area (Å²) in [6, 6.07) is 4.90. The first kappa shape index (κ1) is 18.7. The third-order valence-corrected chi connectivity index (χ3v) is 4.02. The monoisotopic (exact) mass is 355 g/mol. The second kappa shape index (κ2) is 9.03. The van der Waals surface area contributed by atoms with E-state index in [1.54, 1.807) is 26.4 Å². The zero-order valence-electron chi connectivity index (χ0n) is 14.1. The Morgan fingerprint density at radius 1 is 1.08 bits per heavy atom. The smallest absolute Gasteiger partial charge is 0.336 e. The van der Waals surface area contributed by atoms with Gasteiger partial charge in [0.05, 0.1) is 25.3 Å². The maximum Gasteiger partial charge on any atom is 0.336 e. The topological polar surface area (TPSA) is 61.1 Å². The SMILES string of the molecule is COCCN(CCOC)Cc1cc(=O)oc2cc(OC)c(Cl)cc12. The molecule has 0 N–H and O–H groups in total. The van der Waals surface area contributed by atoms with Crippen LogP contribution in [0.2, 0.25) is 5.02 Å². The number of benzene rings is 1. The number of rotatable bonds is 9. The zero-order chi connectivity index (χ0) is 17.5. The Morgan fingerprint density at radius 2 is 1.75 bits per heavy atom. The fraction of sp³-hybridized carbons (Fsp3) is 0.471. The highest BCUT2D eigenvalue weighted by Gasteiger charge is 2.13. The third-order valence-electron chi connectivity index (χ3n) is 3.72. The van der Waals surface area contributed by atoms with Gasteiger partial charge in [-0.1, -0.05) is 11.6 Å². The molecule has 0 unspecified atom stereocenters. The second-order valence-electron chi connectivity index (χ2n) is 5.34. The van der Waals surface area contributed by atoms with Crippen LogP contribution in [0.1, 0.15) is 5.56 Å². The Bertz CT molecular complexity index is 723. The van der Waals surface area contributed by atoms with Gasteiger partial charge >= 0.3 is 5.63 Å². The molecular formula is C17H22ClNO5. The van der Waals surface area contributed by atoms with Crippen LogP contribution < -0.4 is 10.4 Å². The lowest BCUT2D eigenvalue weighted by atomic mass is 10.1. The van der Waals surface area contributed by atoms with Gasteiger partial charge in [0, 0.05) is 51.4 Å². The van der Waals surface area contributed by atoms with Crippen LogP contribution in [0.3, 0.4) is 0 Å². The molecule has 1 aromatic carbocycles. The van der Waals surface area contributed by atoms with Gasteiger partial charge in [-0.25, -0.2) is 4.79 Å². The maximum absolute atomic E-state index is 11.9. The summed E-state index contributed by atoms with van der Waals surface area (Å²) in [6.45, 7) is 3.21. The van der Waals surface area contributed by atoms with E-state index in [1.807, 2.05) is 0 Å². The molecule has 0 amide bonds. The molecule has 1 heterocycles. The van der Waals surface area contributed by atoms with Crippen molar-refractivity contribution in [3.8, 4) is 5.75 Å². The molecule has 0 aliphatic heterocycles. The van der Waals surface area contributed by atoms with Crippen molar-refractivity contribution in [1.82, 2.24) is 4.90 Å². The van der Waals surface area contributed by atoms with Gasteiger partial charge in [-0.3, -0.25) is 4.90 Å². The minimum atomic E-state index is -0.402. The van der Waals surface area contributed by atoms with Gasteiger partial charge in [-0.2, -0.15) is 0 Å². The summed E-state index contributed by atoms with van der Waals surface area (Å²) in [7, 11) is 4.84. The molecule has 0 aliphatic carbocycles. The van der Waals surface area contributed by atoms with Gasteiger partial charge < -0.3 is 18.6 Å². The van der Waals surface area contributed by atoms with Crippen LogP contribution in [0.25, 0.3) is 11.0 Å². The van der Waals surface area contributed by atoms with E-state index in [9.17, 15) is 4.79 Å². The molecule has 0 spiro atoms. The summed E-state index contributed by atoms with van der Waals surface area (Å²) >= 11 is 6.22. The van der Waals surface area contributed by atoms with Crippen LogP contribution in [0, 0.1) is 0 Å². The molecule has 0 saturated carbocycles. The van der Waals surface area contributed by atoms with Gasteiger partial charge in [-0.15, -0.1) is 0 Å². The minimum Gasteiger partial charge on any atom is -0.495 e. The van der Waals surface area contributed by atoms with Crippen LogP contribution in [0.4, 0.5) is 0 Å². The molecule has 6 nitrogen and oxygen atoms in total. The molecule has 0 aliphatic rings. The molecule has 0 radical (unpaired) electrons. The molecule has 1 aromatic heterocycles.